The second kappa shape index (κ2) is 9.67. The van der Waals surface area contributed by atoms with Crippen LogP contribution in [0.25, 0.3) is 16.9 Å². The number of pyridine rings is 2. The predicted octanol–water partition coefficient (Wildman–Crippen LogP) is 4.90. The molecule has 2 fully saturated rings. The molecular formula is C28H28BrN5O2. The third-order valence-electron chi connectivity index (χ3n) is 7.36. The lowest BCUT2D eigenvalue weighted by Gasteiger charge is -2.31. The zero-order valence-corrected chi connectivity index (χ0v) is 21.8. The van der Waals surface area contributed by atoms with E-state index in [0.29, 0.717) is 17.5 Å². The van der Waals surface area contributed by atoms with E-state index in [0.717, 1.165) is 60.4 Å². The fourth-order valence-electron chi connectivity index (χ4n) is 5.59. The molecule has 0 aliphatic carbocycles. The van der Waals surface area contributed by atoms with Crippen molar-refractivity contribution in [2.75, 3.05) is 26.7 Å². The van der Waals surface area contributed by atoms with Crippen molar-refractivity contribution in [2.45, 2.75) is 25.4 Å². The first-order chi connectivity index (χ1) is 17.6. The largest absolute Gasteiger partial charge is 0.481 e. The summed E-state index contributed by atoms with van der Waals surface area (Å²) in [6.45, 7) is 3.43. The lowest BCUT2D eigenvalue weighted by Crippen LogP contribution is -2.44. The number of fused-ring (bicyclic) bond motifs is 3. The number of benzene rings is 1. The van der Waals surface area contributed by atoms with Gasteiger partial charge in [-0.15, -0.1) is 0 Å². The molecule has 5 heterocycles. The summed E-state index contributed by atoms with van der Waals surface area (Å²) in [6, 6.07) is 20.0. The molecule has 8 heteroatoms. The maximum absolute atomic E-state index is 13.4. The number of halogens is 1. The molecule has 2 aliphatic heterocycles. The molecule has 1 amide bonds. The molecule has 7 nitrogen and oxygen atoms in total. The number of rotatable bonds is 5. The average molecular weight is 546 g/mol. The first kappa shape index (κ1) is 23.2. The number of likely N-dealkylation sites (tertiary alicyclic amines) is 2. The number of imidazole rings is 1. The Bertz CT molecular complexity index is 1400. The molecule has 2 unspecified atom stereocenters. The van der Waals surface area contributed by atoms with E-state index in [1.165, 1.54) is 5.69 Å². The predicted molar refractivity (Wildman–Crippen MR) is 142 cm³/mol. The van der Waals surface area contributed by atoms with E-state index >= 15 is 0 Å². The molecule has 184 valence electrons. The molecule has 1 aromatic carbocycles. The molecule has 3 aromatic heterocycles. The van der Waals surface area contributed by atoms with Crippen molar-refractivity contribution < 1.29 is 9.53 Å². The Morgan fingerprint density at radius 1 is 1.06 bits per heavy atom. The van der Waals surface area contributed by atoms with Gasteiger partial charge in [-0.2, -0.15) is 0 Å². The fourth-order valence-corrected chi connectivity index (χ4v) is 5.85. The van der Waals surface area contributed by atoms with Crippen LogP contribution in [0.2, 0.25) is 0 Å². The van der Waals surface area contributed by atoms with Crippen LogP contribution in [0.5, 0.6) is 5.88 Å². The van der Waals surface area contributed by atoms with Crippen molar-refractivity contribution in [1.82, 2.24) is 24.2 Å². The number of hydrogen-bond acceptors (Lipinski definition) is 5. The molecule has 0 saturated carbocycles. The topological polar surface area (TPSA) is 63.0 Å². The van der Waals surface area contributed by atoms with Crippen LogP contribution < -0.4 is 4.74 Å². The van der Waals surface area contributed by atoms with E-state index in [1.807, 2.05) is 17.0 Å². The van der Waals surface area contributed by atoms with E-state index in [9.17, 15) is 4.79 Å². The van der Waals surface area contributed by atoms with Crippen molar-refractivity contribution >= 4 is 27.5 Å². The highest BCUT2D eigenvalue weighted by molar-refractivity contribution is 9.10. The van der Waals surface area contributed by atoms with Crippen LogP contribution in [-0.4, -0.2) is 62.9 Å². The van der Waals surface area contributed by atoms with Gasteiger partial charge in [0.1, 0.15) is 11.3 Å². The van der Waals surface area contributed by atoms with Gasteiger partial charge < -0.3 is 14.0 Å². The van der Waals surface area contributed by atoms with E-state index in [-0.39, 0.29) is 11.9 Å². The lowest BCUT2D eigenvalue weighted by molar-refractivity contribution is 0.0668. The standard InChI is InChI=1S/C28H28BrN5O2/c1-36-26-7-4-5-23(30-26)28(35)34-16-19-12-14-32(17-22(34)15-19)18-24-27(20-8-10-21(29)11-9-20)31-25-6-2-3-13-33(24)25/h2-11,13,19,22H,12,14-18H2,1H3. The third-order valence-corrected chi connectivity index (χ3v) is 7.88. The molecule has 0 spiro atoms. The molecule has 2 atom stereocenters. The number of aromatic nitrogens is 3. The number of ether oxygens (including phenoxy) is 1. The number of nitrogens with zero attached hydrogens (tertiary/aromatic N) is 5. The second-order valence-corrected chi connectivity index (χ2v) is 10.6. The van der Waals surface area contributed by atoms with Gasteiger partial charge in [-0.3, -0.25) is 9.69 Å². The van der Waals surface area contributed by atoms with E-state index < -0.39 is 0 Å². The second-order valence-electron chi connectivity index (χ2n) is 9.64. The van der Waals surface area contributed by atoms with Crippen LogP contribution >= 0.6 is 15.9 Å². The summed E-state index contributed by atoms with van der Waals surface area (Å²) in [7, 11) is 1.57. The summed E-state index contributed by atoms with van der Waals surface area (Å²) < 4.78 is 8.49. The minimum atomic E-state index is -0.00592. The summed E-state index contributed by atoms with van der Waals surface area (Å²) in [5.74, 6) is 0.978. The number of methoxy groups -OCH3 is 1. The molecule has 0 N–H and O–H groups in total. The first-order valence-electron chi connectivity index (χ1n) is 12.4. The zero-order chi connectivity index (χ0) is 24.6. The van der Waals surface area contributed by atoms with Crippen molar-refractivity contribution in [2.24, 2.45) is 5.92 Å². The Kier molecular flexibility index (Phi) is 6.23. The first-order valence-corrected chi connectivity index (χ1v) is 13.1. The lowest BCUT2D eigenvalue weighted by atomic mass is 10.0. The normalized spacial score (nSPS) is 20.0. The molecular weight excluding hydrogens is 518 g/mol. The smallest absolute Gasteiger partial charge is 0.272 e. The van der Waals surface area contributed by atoms with Gasteiger partial charge >= 0.3 is 0 Å². The van der Waals surface area contributed by atoms with Gasteiger partial charge in [0.05, 0.1) is 18.5 Å². The highest BCUT2D eigenvalue weighted by Gasteiger charge is 2.39. The zero-order valence-electron chi connectivity index (χ0n) is 20.2. The van der Waals surface area contributed by atoms with Crippen molar-refractivity contribution in [3.8, 4) is 17.1 Å². The van der Waals surface area contributed by atoms with Gasteiger partial charge in [0.15, 0.2) is 0 Å². The van der Waals surface area contributed by atoms with Crippen LogP contribution in [-0.2, 0) is 6.54 Å². The number of carbonyl (C=O) groups is 1. The Labute approximate surface area is 218 Å². The minimum Gasteiger partial charge on any atom is -0.481 e. The van der Waals surface area contributed by atoms with Crippen molar-refractivity contribution in [3.63, 3.8) is 0 Å². The average Bonchev–Trinajstić information content (AvgIpc) is 3.41. The van der Waals surface area contributed by atoms with Gasteiger partial charge in [0, 0.05) is 48.0 Å². The Balaban J connectivity index is 1.27. The number of carbonyl (C=O) groups excluding carboxylic acids is 1. The molecule has 2 bridgehead atoms. The SMILES string of the molecule is COc1cccc(C(=O)N2CC3CCN(Cc4c(-c5ccc(Br)cc5)nc5ccccn45)CC2C3)n1. The molecule has 2 saturated heterocycles. The Hall–Kier alpha value is -3.23. The fraction of sp³-hybridized carbons (Fsp3) is 0.321. The van der Waals surface area contributed by atoms with Crippen LogP contribution in [0.3, 0.4) is 0 Å². The summed E-state index contributed by atoms with van der Waals surface area (Å²) in [6.07, 6.45) is 4.21. The molecule has 0 radical (unpaired) electrons. The number of hydrogen-bond donors (Lipinski definition) is 0. The molecule has 2 aliphatic rings. The summed E-state index contributed by atoms with van der Waals surface area (Å²) >= 11 is 3.54. The van der Waals surface area contributed by atoms with E-state index in [2.05, 4.69) is 72.8 Å². The van der Waals surface area contributed by atoms with Crippen molar-refractivity contribution in [1.29, 1.82) is 0 Å². The monoisotopic (exact) mass is 545 g/mol. The number of amides is 1. The van der Waals surface area contributed by atoms with Gasteiger partial charge in [-0.05, 0) is 55.6 Å². The van der Waals surface area contributed by atoms with Crippen molar-refractivity contribution in [3.05, 3.63) is 82.7 Å². The quantitative estimate of drug-likeness (QED) is 0.356. The molecule has 6 rings (SSSR count). The summed E-state index contributed by atoms with van der Waals surface area (Å²) in [5.41, 5.74) is 4.69. The van der Waals surface area contributed by atoms with Crippen LogP contribution in [0, 0.1) is 5.92 Å². The van der Waals surface area contributed by atoms with Gasteiger partial charge in [0.2, 0.25) is 5.88 Å². The van der Waals surface area contributed by atoms with Crippen LogP contribution in [0.4, 0.5) is 0 Å². The third kappa shape index (κ3) is 4.40. The van der Waals surface area contributed by atoms with Crippen LogP contribution in [0.15, 0.2) is 71.3 Å². The summed E-state index contributed by atoms with van der Waals surface area (Å²) in [4.78, 5) is 27.3. The Morgan fingerprint density at radius 2 is 1.92 bits per heavy atom. The molecule has 4 aromatic rings. The van der Waals surface area contributed by atoms with Gasteiger partial charge in [-0.1, -0.05) is 40.2 Å². The molecule has 36 heavy (non-hydrogen) atoms. The van der Waals surface area contributed by atoms with Gasteiger partial charge in [-0.25, -0.2) is 9.97 Å². The summed E-state index contributed by atoms with van der Waals surface area (Å²) in [5, 5.41) is 0. The highest BCUT2D eigenvalue weighted by Crippen LogP contribution is 2.33. The van der Waals surface area contributed by atoms with E-state index in [4.69, 9.17) is 9.72 Å². The highest BCUT2D eigenvalue weighted by atomic mass is 79.9. The van der Waals surface area contributed by atoms with E-state index in [1.54, 1.807) is 19.2 Å². The minimum absolute atomic E-state index is 0.00592. The maximum Gasteiger partial charge on any atom is 0.272 e. The Morgan fingerprint density at radius 3 is 2.75 bits per heavy atom. The van der Waals surface area contributed by atoms with Gasteiger partial charge in [0.25, 0.3) is 5.91 Å². The maximum atomic E-state index is 13.4. The van der Waals surface area contributed by atoms with Crippen LogP contribution in [0.1, 0.15) is 29.0 Å².